The second kappa shape index (κ2) is 8.20. The van der Waals surface area contributed by atoms with Gasteiger partial charge in [0.2, 0.25) is 0 Å². The van der Waals surface area contributed by atoms with Gasteiger partial charge in [-0.15, -0.1) is 0 Å². The van der Waals surface area contributed by atoms with Crippen molar-refractivity contribution in [1.29, 1.82) is 0 Å². The number of nitrogens with one attached hydrogen (secondary N) is 2. The third-order valence-electron chi connectivity index (χ3n) is 6.45. The van der Waals surface area contributed by atoms with Crippen LogP contribution in [0.5, 0.6) is 0 Å². The molecule has 0 amide bonds. The highest BCUT2D eigenvalue weighted by molar-refractivity contribution is 6.19. The van der Waals surface area contributed by atoms with E-state index >= 15 is 0 Å². The van der Waals surface area contributed by atoms with Crippen molar-refractivity contribution in [3.05, 3.63) is 83.9 Å². The second-order valence-corrected chi connectivity index (χ2v) is 7.91. The third kappa shape index (κ3) is 2.94. The molecule has 2 aromatic heterocycles. The number of aryl methyl sites for hydroxylation is 2. The average molecular weight is 423 g/mol. The molecule has 164 valence electrons. The molecule has 1 aliphatic carbocycles. The zero-order chi connectivity index (χ0) is 22.2. The van der Waals surface area contributed by atoms with E-state index in [0.717, 1.165) is 12.8 Å². The zero-order valence-corrected chi connectivity index (χ0v) is 19.3. The van der Waals surface area contributed by atoms with Gasteiger partial charge in [-0.05, 0) is 41.5 Å². The molecule has 0 radical (unpaired) electrons. The molecule has 2 heterocycles. The summed E-state index contributed by atoms with van der Waals surface area (Å²) < 4.78 is 0. The molecule has 0 bridgehead atoms. The van der Waals surface area contributed by atoms with Crippen LogP contribution in [-0.2, 0) is 12.8 Å². The molecule has 6 aromatic rings. The normalized spacial score (nSPS) is 12.1. The van der Waals surface area contributed by atoms with E-state index in [-0.39, 0.29) is 2.85 Å². The number of aromatic amines is 2. The molecule has 0 saturated carbocycles. The van der Waals surface area contributed by atoms with Crippen molar-refractivity contribution in [2.24, 2.45) is 0 Å². The first kappa shape index (κ1) is 20.4. The van der Waals surface area contributed by atoms with Gasteiger partial charge in [0, 0.05) is 46.7 Å². The Balaban J connectivity index is 0.000000516. The lowest BCUT2D eigenvalue weighted by atomic mass is 9.89. The highest BCUT2D eigenvalue weighted by Gasteiger charge is 2.21. The highest BCUT2D eigenvalue weighted by atomic mass is 14.7. The van der Waals surface area contributed by atoms with Gasteiger partial charge in [0.1, 0.15) is 0 Å². The van der Waals surface area contributed by atoms with Crippen LogP contribution >= 0.6 is 0 Å². The summed E-state index contributed by atoms with van der Waals surface area (Å²) in [5.74, 6) is 0. The largest absolute Gasteiger partial charge is 0.354 e. The molecule has 0 unspecified atom stereocenters. The Labute approximate surface area is 192 Å². The van der Waals surface area contributed by atoms with Crippen molar-refractivity contribution in [3.63, 3.8) is 0 Å². The Hall–Kier alpha value is -3.52. The van der Waals surface area contributed by atoms with Gasteiger partial charge in [-0.25, -0.2) is 0 Å². The van der Waals surface area contributed by atoms with Crippen molar-refractivity contribution >= 4 is 43.5 Å². The van der Waals surface area contributed by atoms with Crippen molar-refractivity contribution < 1.29 is 2.85 Å². The van der Waals surface area contributed by atoms with E-state index in [4.69, 9.17) is 0 Å². The van der Waals surface area contributed by atoms with Crippen LogP contribution in [0.3, 0.4) is 0 Å². The summed E-state index contributed by atoms with van der Waals surface area (Å²) in [7, 11) is 0. The molecule has 0 saturated heterocycles. The van der Waals surface area contributed by atoms with Crippen LogP contribution in [0.15, 0.2) is 72.8 Å². The molecule has 32 heavy (non-hydrogen) atoms. The summed E-state index contributed by atoms with van der Waals surface area (Å²) >= 11 is 0. The van der Waals surface area contributed by atoms with E-state index in [9.17, 15) is 0 Å². The molecule has 0 aliphatic heterocycles. The van der Waals surface area contributed by atoms with Gasteiger partial charge >= 0.3 is 0 Å². The van der Waals surface area contributed by atoms with Gasteiger partial charge in [-0.3, -0.25) is 0 Å². The van der Waals surface area contributed by atoms with E-state index in [2.05, 4.69) is 82.8 Å². The monoisotopic (exact) mass is 422 g/mol. The smallest absolute Gasteiger partial charge is 0.0544 e. The SMILES string of the molecule is CC.CC.[HH].[HH].c1ccc2c(c1)CCc1c-2[nH]c2cc3c(cc12)[nH]c1c2ccccc2ccc31. The van der Waals surface area contributed by atoms with Gasteiger partial charge in [-0.2, -0.15) is 0 Å². The first-order valence-corrected chi connectivity index (χ1v) is 11.9. The number of rotatable bonds is 0. The molecule has 7 rings (SSSR count). The van der Waals surface area contributed by atoms with Crippen molar-refractivity contribution in [1.82, 2.24) is 9.97 Å². The molecule has 2 nitrogen and oxygen atoms in total. The van der Waals surface area contributed by atoms with Crippen LogP contribution in [0.4, 0.5) is 0 Å². The molecule has 1 aliphatic rings. The third-order valence-corrected chi connectivity index (χ3v) is 6.45. The lowest BCUT2D eigenvalue weighted by molar-refractivity contribution is 0.948. The van der Waals surface area contributed by atoms with E-state index in [1.807, 2.05) is 27.7 Å². The molecule has 2 heteroatoms. The number of hydrogen-bond acceptors (Lipinski definition) is 0. The summed E-state index contributed by atoms with van der Waals surface area (Å²) in [6, 6.07) is 26.6. The molecule has 2 N–H and O–H groups in total. The summed E-state index contributed by atoms with van der Waals surface area (Å²) in [5, 5.41) is 6.51. The number of aromatic nitrogens is 2. The fraction of sp³-hybridized carbons (Fsp3) is 0.200. The number of H-pyrrole nitrogens is 2. The van der Waals surface area contributed by atoms with Gasteiger partial charge in [-0.1, -0.05) is 88.4 Å². The first-order valence-electron chi connectivity index (χ1n) is 11.9. The summed E-state index contributed by atoms with van der Waals surface area (Å²) in [6.45, 7) is 8.00. The highest BCUT2D eigenvalue weighted by Crippen LogP contribution is 2.40. The quantitative estimate of drug-likeness (QED) is 0.244. The second-order valence-electron chi connectivity index (χ2n) is 7.91. The average Bonchev–Trinajstić information content (AvgIpc) is 3.43. The van der Waals surface area contributed by atoms with Crippen LogP contribution in [0, 0.1) is 0 Å². The molecule has 0 fully saturated rings. The van der Waals surface area contributed by atoms with Crippen LogP contribution in [0.1, 0.15) is 41.7 Å². The predicted octanol–water partition coefficient (Wildman–Crippen LogP) is 9.27. The summed E-state index contributed by atoms with van der Waals surface area (Å²) in [6.07, 6.45) is 2.21. The van der Waals surface area contributed by atoms with E-state index < -0.39 is 0 Å². The van der Waals surface area contributed by atoms with Crippen LogP contribution in [0.2, 0.25) is 0 Å². The van der Waals surface area contributed by atoms with Crippen LogP contribution in [0.25, 0.3) is 54.7 Å². The zero-order valence-electron chi connectivity index (χ0n) is 19.3. The Morgan fingerprint density at radius 3 is 2.22 bits per heavy atom. The topological polar surface area (TPSA) is 31.6 Å². The Kier molecular flexibility index (Phi) is 5.22. The standard InChI is InChI=1S/C26H18N2.2C2H6.2H2/c1-3-7-17-15(5-1)9-11-19-21-13-24-22(14-23(21)27-25(17)19)20-12-10-16-6-2-4-8-18(16)26(20)28-24;2*1-2;;/h1-9,11,13-14,27-28H,10,12H2;2*1-2H3;2*1H. The molecule has 0 spiro atoms. The maximum atomic E-state index is 3.74. The maximum Gasteiger partial charge on any atom is 0.0544 e. The number of benzene rings is 4. The minimum absolute atomic E-state index is 0. The fourth-order valence-electron chi connectivity index (χ4n) is 5.12. The maximum absolute atomic E-state index is 3.74. The van der Waals surface area contributed by atoms with Gasteiger partial charge in [0.15, 0.2) is 0 Å². The van der Waals surface area contributed by atoms with Gasteiger partial charge in [0.05, 0.1) is 5.52 Å². The van der Waals surface area contributed by atoms with Crippen molar-refractivity contribution in [2.45, 2.75) is 40.5 Å². The first-order chi connectivity index (χ1) is 15.9. The van der Waals surface area contributed by atoms with Crippen molar-refractivity contribution in [3.8, 4) is 11.3 Å². The Morgan fingerprint density at radius 2 is 1.34 bits per heavy atom. The molecule has 0 atom stereocenters. The molecular formula is C30H34N2. The minimum atomic E-state index is 0. The lowest BCUT2D eigenvalue weighted by Crippen LogP contribution is -2.02. The summed E-state index contributed by atoms with van der Waals surface area (Å²) in [5.41, 5.74) is 9.27. The number of hydrogen-bond donors (Lipinski definition) is 2. The van der Waals surface area contributed by atoms with Crippen LogP contribution in [-0.4, -0.2) is 9.97 Å². The Morgan fingerprint density at radius 1 is 0.625 bits per heavy atom. The van der Waals surface area contributed by atoms with Crippen molar-refractivity contribution in [2.75, 3.05) is 0 Å². The minimum Gasteiger partial charge on any atom is -0.354 e. The van der Waals surface area contributed by atoms with E-state index in [1.54, 1.807) is 0 Å². The summed E-state index contributed by atoms with van der Waals surface area (Å²) in [4.78, 5) is 7.46. The molecule has 4 aromatic carbocycles. The van der Waals surface area contributed by atoms with Gasteiger partial charge < -0.3 is 9.97 Å². The Bertz CT molecular complexity index is 1570. The van der Waals surface area contributed by atoms with Crippen LogP contribution < -0.4 is 0 Å². The van der Waals surface area contributed by atoms with E-state index in [1.165, 1.54) is 65.9 Å². The van der Waals surface area contributed by atoms with E-state index in [0.29, 0.717) is 0 Å². The van der Waals surface area contributed by atoms with Gasteiger partial charge in [0.25, 0.3) is 0 Å². The fourth-order valence-corrected chi connectivity index (χ4v) is 5.12. The molecular weight excluding hydrogens is 388 g/mol. The lowest BCUT2D eigenvalue weighted by Gasteiger charge is -2.16. The predicted molar refractivity (Wildman–Crippen MR) is 145 cm³/mol. The number of fused-ring (bicyclic) bond motifs is 10.